The highest BCUT2D eigenvalue weighted by atomic mass is 79.9. The Morgan fingerprint density at radius 1 is 1.28 bits per heavy atom. The van der Waals surface area contributed by atoms with Gasteiger partial charge < -0.3 is 4.74 Å². The molecule has 4 nitrogen and oxygen atoms in total. The van der Waals surface area contributed by atoms with Crippen molar-refractivity contribution in [1.82, 2.24) is 4.72 Å². The van der Waals surface area contributed by atoms with E-state index in [0.717, 1.165) is 0 Å². The average Bonchev–Trinajstić information content (AvgIpc) is 2.34. The lowest BCUT2D eigenvalue weighted by Gasteiger charge is -2.08. The summed E-state index contributed by atoms with van der Waals surface area (Å²) in [5.74, 6) is 0.447. The van der Waals surface area contributed by atoms with E-state index in [1.165, 1.54) is 0 Å². The second-order valence-electron chi connectivity index (χ2n) is 3.48. The van der Waals surface area contributed by atoms with E-state index in [4.69, 9.17) is 16.3 Å². The number of ether oxygens (including phenoxy) is 1. The molecule has 0 saturated heterocycles. The van der Waals surface area contributed by atoms with Crippen molar-refractivity contribution in [1.29, 1.82) is 0 Å². The van der Waals surface area contributed by atoms with Gasteiger partial charge in [-0.05, 0) is 34.5 Å². The fraction of sp³-hybridized carbons (Fsp3) is 0.455. The van der Waals surface area contributed by atoms with E-state index in [0.29, 0.717) is 36.5 Å². The van der Waals surface area contributed by atoms with Crippen LogP contribution in [0, 0.1) is 0 Å². The summed E-state index contributed by atoms with van der Waals surface area (Å²) in [6.45, 7) is 1.32. The summed E-state index contributed by atoms with van der Waals surface area (Å²) in [7, 11) is -3.46. The van der Waals surface area contributed by atoms with Crippen molar-refractivity contribution in [3.63, 3.8) is 0 Å². The first kappa shape index (κ1) is 15.9. The first-order chi connectivity index (χ1) is 8.58. The minimum Gasteiger partial charge on any atom is -0.380 e. The zero-order chi connectivity index (χ0) is 13.4. The summed E-state index contributed by atoms with van der Waals surface area (Å²) in [6.07, 6.45) is 0.612. The molecular weight excluding hydrogens is 342 g/mol. The molecule has 1 N–H and O–H groups in total. The fourth-order valence-electron chi connectivity index (χ4n) is 1.28. The first-order valence-electron chi connectivity index (χ1n) is 5.46. The molecule has 0 spiro atoms. The lowest BCUT2D eigenvalue weighted by atomic mass is 10.4. The molecule has 0 atom stereocenters. The Balaban J connectivity index is 2.44. The maximum atomic E-state index is 11.9. The average molecular weight is 357 g/mol. The topological polar surface area (TPSA) is 55.4 Å². The molecular formula is C11H15BrClNO3S. The quantitative estimate of drug-likeness (QED) is 0.575. The van der Waals surface area contributed by atoms with Crippen molar-refractivity contribution >= 4 is 37.6 Å². The summed E-state index contributed by atoms with van der Waals surface area (Å²) in [5.41, 5.74) is 0. The number of alkyl halides is 1. The number of halogens is 2. The summed E-state index contributed by atoms with van der Waals surface area (Å²) in [5, 5.41) is 0. The van der Waals surface area contributed by atoms with Crippen molar-refractivity contribution in [3.8, 4) is 0 Å². The van der Waals surface area contributed by atoms with Gasteiger partial charge >= 0.3 is 0 Å². The molecule has 0 unspecified atom stereocenters. The summed E-state index contributed by atoms with van der Waals surface area (Å²) < 4.78 is 32.1. The molecule has 0 bridgehead atoms. The van der Waals surface area contributed by atoms with Gasteiger partial charge in [-0.3, -0.25) is 0 Å². The molecule has 1 aromatic rings. The van der Waals surface area contributed by atoms with Crippen LogP contribution in [0.25, 0.3) is 0 Å². The van der Waals surface area contributed by atoms with Crippen LogP contribution >= 0.6 is 27.5 Å². The normalized spacial score (nSPS) is 11.7. The van der Waals surface area contributed by atoms with Gasteiger partial charge in [0.05, 0.1) is 11.5 Å². The molecule has 0 aliphatic carbocycles. The Labute approximate surface area is 121 Å². The van der Waals surface area contributed by atoms with Crippen LogP contribution in [0.5, 0.6) is 0 Å². The number of rotatable bonds is 8. The highest BCUT2D eigenvalue weighted by Crippen LogP contribution is 2.20. The first-order valence-corrected chi connectivity index (χ1v) is 8.27. The molecule has 0 aliphatic rings. The van der Waals surface area contributed by atoms with E-state index >= 15 is 0 Å². The van der Waals surface area contributed by atoms with E-state index < -0.39 is 10.0 Å². The number of hydrogen-bond acceptors (Lipinski definition) is 3. The van der Waals surface area contributed by atoms with E-state index in [-0.39, 0.29) is 4.90 Å². The lowest BCUT2D eigenvalue weighted by molar-refractivity contribution is 0.147. The molecule has 0 aromatic heterocycles. The van der Waals surface area contributed by atoms with Crippen molar-refractivity contribution in [3.05, 3.63) is 28.7 Å². The number of benzene rings is 1. The SMILES string of the molecule is O=S(=O)(NCCCOCCCl)c1ccccc1Br. The molecule has 102 valence electrons. The number of hydrogen-bond donors (Lipinski definition) is 1. The van der Waals surface area contributed by atoms with Crippen LogP contribution in [0.3, 0.4) is 0 Å². The van der Waals surface area contributed by atoms with Gasteiger partial charge in [0.2, 0.25) is 10.0 Å². The van der Waals surface area contributed by atoms with Crippen LogP contribution in [0.1, 0.15) is 6.42 Å². The van der Waals surface area contributed by atoms with Gasteiger partial charge in [0.1, 0.15) is 0 Å². The number of sulfonamides is 1. The van der Waals surface area contributed by atoms with Crippen LogP contribution in [0.15, 0.2) is 33.6 Å². The van der Waals surface area contributed by atoms with Gasteiger partial charge in [-0.1, -0.05) is 12.1 Å². The maximum absolute atomic E-state index is 11.9. The smallest absolute Gasteiger partial charge is 0.241 e. The largest absolute Gasteiger partial charge is 0.380 e. The van der Waals surface area contributed by atoms with Crippen molar-refractivity contribution in [2.24, 2.45) is 0 Å². The Kier molecular flexibility index (Phi) is 7.18. The van der Waals surface area contributed by atoms with Crippen LogP contribution in [0.2, 0.25) is 0 Å². The second-order valence-corrected chi connectivity index (χ2v) is 6.45. The Hall–Kier alpha value is -0.140. The van der Waals surface area contributed by atoms with Gasteiger partial charge in [-0.15, -0.1) is 11.6 Å². The predicted octanol–water partition coefficient (Wildman–Crippen LogP) is 2.37. The second kappa shape index (κ2) is 8.12. The zero-order valence-corrected chi connectivity index (χ0v) is 12.9. The highest BCUT2D eigenvalue weighted by Gasteiger charge is 2.15. The molecule has 7 heteroatoms. The van der Waals surface area contributed by atoms with Gasteiger partial charge in [0, 0.05) is 23.5 Å². The standard InChI is InChI=1S/C11H15BrClNO3S/c12-10-4-1-2-5-11(10)18(15,16)14-7-3-8-17-9-6-13/h1-2,4-5,14H,3,6-9H2. The van der Waals surface area contributed by atoms with Gasteiger partial charge in [-0.25, -0.2) is 13.1 Å². The summed E-state index contributed by atoms with van der Waals surface area (Å²) in [6, 6.07) is 6.70. The Bertz CT molecular complexity index is 467. The monoisotopic (exact) mass is 355 g/mol. The lowest BCUT2D eigenvalue weighted by Crippen LogP contribution is -2.26. The van der Waals surface area contributed by atoms with E-state index in [2.05, 4.69) is 20.7 Å². The third-order valence-electron chi connectivity index (χ3n) is 2.11. The predicted molar refractivity (Wildman–Crippen MR) is 75.5 cm³/mol. The van der Waals surface area contributed by atoms with Crippen LogP contribution in [-0.2, 0) is 14.8 Å². The van der Waals surface area contributed by atoms with Crippen LogP contribution in [-0.4, -0.2) is 34.1 Å². The molecule has 0 aliphatic heterocycles. The molecule has 1 rings (SSSR count). The van der Waals surface area contributed by atoms with Crippen LogP contribution in [0.4, 0.5) is 0 Å². The molecule has 0 saturated carbocycles. The summed E-state index contributed by atoms with van der Waals surface area (Å²) >= 11 is 8.66. The Morgan fingerprint density at radius 2 is 2.00 bits per heavy atom. The fourth-order valence-corrected chi connectivity index (χ4v) is 3.46. The highest BCUT2D eigenvalue weighted by molar-refractivity contribution is 9.10. The third kappa shape index (κ3) is 5.24. The molecule has 0 amide bonds. The number of nitrogens with one attached hydrogen (secondary N) is 1. The van der Waals surface area contributed by atoms with E-state index in [1.807, 2.05) is 0 Å². The minimum absolute atomic E-state index is 0.242. The van der Waals surface area contributed by atoms with Crippen molar-refractivity contribution in [2.75, 3.05) is 25.6 Å². The van der Waals surface area contributed by atoms with Gasteiger partial charge in [0.25, 0.3) is 0 Å². The van der Waals surface area contributed by atoms with Crippen molar-refractivity contribution < 1.29 is 13.2 Å². The molecule has 0 radical (unpaired) electrons. The van der Waals surface area contributed by atoms with E-state index in [9.17, 15) is 8.42 Å². The molecule has 1 aromatic carbocycles. The van der Waals surface area contributed by atoms with Gasteiger partial charge in [0.15, 0.2) is 0 Å². The van der Waals surface area contributed by atoms with Crippen LogP contribution < -0.4 is 4.72 Å². The molecule has 0 heterocycles. The van der Waals surface area contributed by atoms with Crippen molar-refractivity contribution in [2.45, 2.75) is 11.3 Å². The van der Waals surface area contributed by atoms with Gasteiger partial charge in [-0.2, -0.15) is 0 Å². The Morgan fingerprint density at radius 3 is 2.67 bits per heavy atom. The summed E-state index contributed by atoms with van der Waals surface area (Å²) in [4.78, 5) is 0.242. The molecule has 18 heavy (non-hydrogen) atoms. The molecule has 0 fully saturated rings. The minimum atomic E-state index is -3.46. The maximum Gasteiger partial charge on any atom is 0.241 e. The zero-order valence-electron chi connectivity index (χ0n) is 9.73. The third-order valence-corrected chi connectivity index (χ3v) is 4.73. The van der Waals surface area contributed by atoms with E-state index in [1.54, 1.807) is 24.3 Å².